The van der Waals surface area contributed by atoms with Crippen molar-refractivity contribution in [3.8, 4) is 0 Å². The molecule has 1 aliphatic rings. The van der Waals surface area contributed by atoms with Crippen molar-refractivity contribution in [1.82, 2.24) is 0 Å². The number of ether oxygens (including phenoxy) is 2. The van der Waals surface area contributed by atoms with E-state index < -0.39 is 37.0 Å². The largest absolute Gasteiger partial charge is 0.457 e. The van der Waals surface area contributed by atoms with Gasteiger partial charge in [0.15, 0.2) is 6.10 Å². The molecule has 6 heteroatoms. The van der Waals surface area contributed by atoms with Crippen molar-refractivity contribution >= 4 is 5.97 Å². The van der Waals surface area contributed by atoms with Gasteiger partial charge in [-0.2, -0.15) is 0 Å². The predicted molar refractivity (Wildman–Crippen MR) is 76.7 cm³/mol. The van der Waals surface area contributed by atoms with E-state index in [9.17, 15) is 15.0 Å². The first kappa shape index (κ1) is 18.4. The number of rotatable bonds is 10. The van der Waals surface area contributed by atoms with Gasteiger partial charge in [-0.15, -0.1) is 0 Å². The number of hydrogen-bond acceptors (Lipinski definition) is 6. The van der Waals surface area contributed by atoms with Crippen molar-refractivity contribution in [3.05, 3.63) is 0 Å². The maximum absolute atomic E-state index is 11.8. The van der Waals surface area contributed by atoms with E-state index in [-0.39, 0.29) is 6.61 Å². The molecule has 0 unspecified atom stereocenters. The van der Waals surface area contributed by atoms with Crippen molar-refractivity contribution in [2.75, 3.05) is 13.2 Å². The summed E-state index contributed by atoms with van der Waals surface area (Å²) in [4.78, 5) is 11.8. The van der Waals surface area contributed by atoms with Gasteiger partial charge < -0.3 is 24.8 Å². The summed E-state index contributed by atoms with van der Waals surface area (Å²) in [7, 11) is 0. The number of carbonyl (C=O) groups excluding carboxylic acids is 1. The van der Waals surface area contributed by atoms with Gasteiger partial charge in [0.1, 0.15) is 18.3 Å². The van der Waals surface area contributed by atoms with Crippen LogP contribution in [0.3, 0.4) is 0 Å². The molecular weight excluding hydrogens is 276 g/mol. The van der Waals surface area contributed by atoms with E-state index in [0.29, 0.717) is 6.42 Å². The Morgan fingerprint density at radius 2 is 1.95 bits per heavy atom. The molecule has 1 saturated heterocycles. The number of hydrogen-bond donors (Lipinski definition) is 3. The fraction of sp³-hybridized carbons (Fsp3) is 0.933. The molecular formula is C15H28O6. The van der Waals surface area contributed by atoms with E-state index in [4.69, 9.17) is 14.6 Å². The molecule has 124 valence electrons. The van der Waals surface area contributed by atoms with Crippen LogP contribution >= 0.6 is 0 Å². The summed E-state index contributed by atoms with van der Waals surface area (Å²) in [6, 6.07) is 0. The summed E-state index contributed by atoms with van der Waals surface area (Å²) in [5.74, 6) is -0.393. The second-order valence-electron chi connectivity index (χ2n) is 5.59. The number of aliphatic hydroxyl groups is 3. The molecule has 0 aliphatic carbocycles. The highest BCUT2D eigenvalue weighted by molar-refractivity contribution is 5.69. The number of unbranched alkanes of at least 4 members (excludes halogenated alkanes) is 5. The Balaban J connectivity index is 2.25. The van der Waals surface area contributed by atoms with Crippen LogP contribution in [0, 0.1) is 0 Å². The molecule has 0 amide bonds. The fourth-order valence-corrected chi connectivity index (χ4v) is 2.46. The highest BCUT2D eigenvalue weighted by Crippen LogP contribution is 2.22. The van der Waals surface area contributed by atoms with Crippen LogP contribution in [0.1, 0.15) is 51.9 Å². The maximum Gasteiger partial charge on any atom is 0.306 e. The Morgan fingerprint density at radius 3 is 2.62 bits per heavy atom. The normalized spacial score (nSPS) is 26.8. The van der Waals surface area contributed by atoms with Crippen LogP contribution in [0.2, 0.25) is 0 Å². The molecule has 0 radical (unpaired) electrons. The van der Waals surface area contributed by atoms with E-state index in [2.05, 4.69) is 6.92 Å². The molecule has 1 fully saturated rings. The summed E-state index contributed by atoms with van der Waals surface area (Å²) in [6.45, 7) is 1.66. The van der Waals surface area contributed by atoms with Gasteiger partial charge in [-0.1, -0.05) is 39.0 Å². The first-order chi connectivity index (χ1) is 10.1. The van der Waals surface area contributed by atoms with Crippen LogP contribution in [0.25, 0.3) is 0 Å². The van der Waals surface area contributed by atoms with Gasteiger partial charge in [0.25, 0.3) is 0 Å². The third kappa shape index (κ3) is 6.30. The predicted octanol–water partition coefficient (Wildman–Crippen LogP) is 0.762. The van der Waals surface area contributed by atoms with Crippen molar-refractivity contribution < 1.29 is 29.6 Å². The lowest BCUT2D eigenvalue weighted by molar-refractivity contribution is -0.160. The Morgan fingerprint density at radius 1 is 1.29 bits per heavy atom. The van der Waals surface area contributed by atoms with E-state index in [1.54, 1.807) is 0 Å². The van der Waals surface area contributed by atoms with Gasteiger partial charge in [0.05, 0.1) is 13.2 Å². The third-order valence-electron chi connectivity index (χ3n) is 3.73. The van der Waals surface area contributed by atoms with Gasteiger partial charge in [-0.3, -0.25) is 4.79 Å². The topological polar surface area (TPSA) is 96.2 Å². The number of carbonyl (C=O) groups is 1. The van der Waals surface area contributed by atoms with Crippen LogP contribution in [-0.4, -0.2) is 58.9 Å². The summed E-state index contributed by atoms with van der Waals surface area (Å²) < 4.78 is 10.4. The lowest BCUT2D eigenvalue weighted by Crippen LogP contribution is -2.43. The monoisotopic (exact) mass is 304 g/mol. The fourth-order valence-electron chi connectivity index (χ4n) is 2.46. The van der Waals surface area contributed by atoms with Crippen molar-refractivity contribution in [2.24, 2.45) is 0 Å². The van der Waals surface area contributed by atoms with Gasteiger partial charge in [0.2, 0.25) is 0 Å². The average molecular weight is 304 g/mol. The lowest BCUT2D eigenvalue weighted by atomic mass is 10.1. The zero-order valence-corrected chi connectivity index (χ0v) is 12.7. The molecule has 1 heterocycles. The Kier molecular flexibility index (Phi) is 8.84. The standard InChI is InChI=1S/C15H28O6/c1-2-3-4-5-6-7-8-13(19)21-15-12(18)10-20-14(15)11(17)9-16/h11-12,14-18H,2-10H2,1H3/t11-,12-,14-,15-/m1/s1. The van der Waals surface area contributed by atoms with Crippen molar-refractivity contribution in [2.45, 2.75) is 76.3 Å². The van der Waals surface area contributed by atoms with Crippen molar-refractivity contribution in [1.29, 1.82) is 0 Å². The van der Waals surface area contributed by atoms with Crippen LogP contribution in [0.4, 0.5) is 0 Å². The van der Waals surface area contributed by atoms with Crippen LogP contribution in [-0.2, 0) is 14.3 Å². The summed E-state index contributed by atoms with van der Waals surface area (Å²) >= 11 is 0. The minimum atomic E-state index is -1.16. The zero-order valence-electron chi connectivity index (χ0n) is 12.7. The Bertz CT molecular complexity index is 296. The minimum Gasteiger partial charge on any atom is -0.457 e. The number of aliphatic hydroxyl groups excluding tert-OH is 3. The highest BCUT2D eigenvalue weighted by atomic mass is 16.6. The summed E-state index contributed by atoms with van der Waals surface area (Å²) in [5.41, 5.74) is 0. The molecule has 0 aromatic heterocycles. The smallest absolute Gasteiger partial charge is 0.306 e. The first-order valence-corrected chi connectivity index (χ1v) is 7.88. The Labute approximate surface area is 126 Å². The van der Waals surface area contributed by atoms with Crippen molar-refractivity contribution in [3.63, 3.8) is 0 Å². The lowest BCUT2D eigenvalue weighted by Gasteiger charge is -2.23. The van der Waals surface area contributed by atoms with Gasteiger partial charge >= 0.3 is 5.97 Å². The van der Waals surface area contributed by atoms with E-state index in [0.717, 1.165) is 19.3 Å². The molecule has 0 bridgehead atoms. The molecule has 6 nitrogen and oxygen atoms in total. The minimum absolute atomic E-state index is 0.00328. The quantitative estimate of drug-likeness (QED) is 0.407. The highest BCUT2D eigenvalue weighted by Gasteiger charge is 2.42. The van der Waals surface area contributed by atoms with Gasteiger partial charge in [-0.05, 0) is 6.42 Å². The third-order valence-corrected chi connectivity index (χ3v) is 3.73. The maximum atomic E-state index is 11.8. The molecule has 3 N–H and O–H groups in total. The molecule has 0 aromatic carbocycles. The average Bonchev–Trinajstić information content (AvgIpc) is 2.83. The molecule has 0 aromatic rings. The Hall–Kier alpha value is -0.690. The van der Waals surface area contributed by atoms with Gasteiger partial charge in [-0.25, -0.2) is 0 Å². The molecule has 21 heavy (non-hydrogen) atoms. The van der Waals surface area contributed by atoms with E-state index in [1.807, 2.05) is 0 Å². The summed E-state index contributed by atoms with van der Waals surface area (Å²) in [6.07, 6.45) is 2.88. The SMILES string of the molecule is CCCCCCCCC(=O)O[C@H]1[C@@H]([C@H](O)CO)OC[C@H]1O. The second-order valence-corrected chi connectivity index (χ2v) is 5.59. The van der Waals surface area contributed by atoms with E-state index in [1.165, 1.54) is 19.3 Å². The number of esters is 1. The van der Waals surface area contributed by atoms with E-state index >= 15 is 0 Å². The molecule has 0 spiro atoms. The molecule has 4 atom stereocenters. The van der Waals surface area contributed by atoms with Gasteiger partial charge in [0, 0.05) is 6.42 Å². The first-order valence-electron chi connectivity index (χ1n) is 7.88. The zero-order chi connectivity index (χ0) is 15.7. The molecule has 1 aliphatic heterocycles. The van der Waals surface area contributed by atoms with Crippen LogP contribution in [0.15, 0.2) is 0 Å². The summed E-state index contributed by atoms with van der Waals surface area (Å²) in [5, 5.41) is 28.2. The van der Waals surface area contributed by atoms with Crippen LogP contribution < -0.4 is 0 Å². The van der Waals surface area contributed by atoms with Crippen LogP contribution in [0.5, 0.6) is 0 Å². The second kappa shape index (κ2) is 10.1. The molecule has 0 saturated carbocycles. The molecule has 1 rings (SSSR count).